The molecule has 1 fully saturated rings. The van der Waals surface area contributed by atoms with Gasteiger partial charge in [-0.3, -0.25) is 9.59 Å². The Morgan fingerprint density at radius 2 is 1.68 bits per heavy atom. The third-order valence-electron chi connectivity index (χ3n) is 5.03. The molecule has 7 heteroatoms. The molecule has 0 bridgehead atoms. The van der Waals surface area contributed by atoms with Crippen molar-refractivity contribution in [1.82, 2.24) is 5.43 Å². The number of amides is 2. The largest absolute Gasteiger partial charge is 0.322 e. The molecule has 0 aromatic heterocycles. The van der Waals surface area contributed by atoms with E-state index >= 15 is 0 Å². The van der Waals surface area contributed by atoms with Gasteiger partial charge in [0, 0.05) is 11.3 Å². The van der Waals surface area contributed by atoms with Crippen LogP contribution in [0.25, 0.3) is 0 Å². The van der Waals surface area contributed by atoms with Crippen LogP contribution >= 0.6 is 31.9 Å². The van der Waals surface area contributed by atoms with Gasteiger partial charge in [-0.2, -0.15) is 5.10 Å². The van der Waals surface area contributed by atoms with E-state index in [-0.39, 0.29) is 15.0 Å². The fourth-order valence-electron chi connectivity index (χ4n) is 2.79. The predicted molar refractivity (Wildman–Crippen MR) is 119 cm³/mol. The summed E-state index contributed by atoms with van der Waals surface area (Å²) >= 11 is 6.97. The SMILES string of the molecule is C/C(=N\NC(=O)C1(C)CC1(Br)Br)c1ccc(NC(=O)c2ccccc2C)cc1. The molecule has 2 aromatic rings. The second-order valence-electron chi connectivity index (χ2n) is 7.20. The molecule has 28 heavy (non-hydrogen) atoms. The second-order valence-corrected chi connectivity index (χ2v) is 11.0. The standard InChI is InChI=1S/C21H21Br2N3O2/c1-13-6-4-5-7-17(13)18(27)24-16-10-8-15(9-11-16)14(2)25-26-19(28)20(3)12-21(20,22)23/h4-11H,12H2,1-3H3,(H,24,27)(H,26,28)/b25-14+. The molecule has 1 atom stereocenters. The Kier molecular flexibility index (Phi) is 5.77. The highest BCUT2D eigenvalue weighted by Crippen LogP contribution is 2.66. The van der Waals surface area contributed by atoms with E-state index in [1.165, 1.54) is 0 Å². The average Bonchev–Trinajstić information content (AvgIpc) is 3.19. The van der Waals surface area contributed by atoms with Crippen molar-refractivity contribution in [2.24, 2.45) is 10.5 Å². The van der Waals surface area contributed by atoms with Crippen molar-refractivity contribution in [2.75, 3.05) is 5.32 Å². The number of rotatable bonds is 5. The molecule has 0 heterocycles. The minimum atomic E-state index is -0.513. The monoisotopic (exact) mass is 505 g/mol. The van der Waals surface area contributed by atoms with Crippen LogP contribution in [0.15, 0.2) is 53.6 Å². The molecule has 3 rings (SSSR count). The number of aryl methyl sites for hydroxylation is 1. The van der Waals surface area contributed by atoms with Crippen LogP contribution in [-0.2, 0) is 4.79 Å². The molecule has 0 aliphatic heterocycles. The normalized spacial score (nSPS) is 20.4. The summed E-state index contributed by atoms with van der Waals surface area (Å²) in [7, 11) is 0. The molecule has 2 amide bonds. The molecule has 0 saturated heterocycles. The number of hydrogen-bond acceptors (Lipinski definition) is 3. The van der Waals surface area contributed by atoms with Crippen molar-refractivity contribution in [3.63, 3.8) is 0 Å². The fourth-order valence-corrected chi connectivity index (χ4v) is 4.27. The number of nitrogens with one attached hydrogen (secondary N) is 2. The molecule has 146 valence electrons. The summed E-state index contributed by atoms with van der Waals surface area (Å²) in [6, 6.07) is 14.8. The number of alkyl halides is 2. The lowest BCUT2D eigenvalue weighted by atomic mass is 10.1. The van der Waals surface area contributed by atoms with Crippen LogP contribution in [-0.4, -0.2) is 20.8 Å². The Morgan fingerprint density at radius 1 is 1.07 bits per heavy atom. The van der Waals surface area contributed by atoms with E-state index in [0.29, 0.717) is 23.4 Å². The van der Waals surface area contributed by atoms with E-state index in [2.05, 4.69) is 47.7 Å². The van der Waals surface area contributed by atoms with Gasteiger partial charge >= 0.3 is 0 Å². The molecule has 1 aliphatic rings. The van der Waals surface area contributed by atoms with Crippen LogP contribution < -0.4 is 10.7 Å². The molecule has 5 nitrogen and oxygen atoms in total. The number of hydrazone groups is 1. The lowest BCUT2D eigenvalue weighted by Gasteiger charge is -2.11. The number of carbonyl (C=O) groups is 2. The number of carbonyl (C=O) groups excluding carboxylic acids is 2. The number of nitrogens with zero attached hydrogens (tertiary/aromatic N) is 1. The van der Waals surface area contributed by atoms with Gasteiger partial charge in [0.15, 0.2) is 0 Å². The number of anilines is 1. The summed E-state index contributed by atoms with van der Waals surface area (Å²) in [4.78, 5) is 24.7. The summed E-state index contributed by atoms with van der Waals surface area (Å²) in [6.07, 6.45) is 0.704. The van der Waals surface area contributed by atoms with Crippen molar-refractivity contribution in [1.29, 1.82) is 0 Å². The quantitative estimate of drug-likeness (QED) is 0.341. The highest BCUT2D eigenvalue weighted by molar-refractivity contribution is 9.25. The van der Waals surface area contributed by atoms with Gasteiger partial charge in [-0.05, 0) is 56.5 Å². The van der Waals surface area contributed by atoms with Crippen LogP contribution in [0.1, 0.15) is 41.8 Å². The van der Waals surface area contributed by atoms with Gasteiger partial charge in [0.2, 0.25) is 5.91 Å². The van der Waals surface area contributed by atoms with Crippen LogP contribution in [0.5, 0.6) is 0 Å². The highest BCUT2D eigenvalue weighted by atomic mass is 79.9. The molecule has 2 aromatic carbocycles. The summed E-state index contributed by atoms with van der Waals surface area (Å²) in [5, 5.41) is 7.10. The molecule has 1 saturated carbocycles. The summed E-state index contributed by atoms with van der Waals surface area (Å²) in [6.45, 7) is 5.61. The first-order valence-electron chi connectivity index (χ1n) is 8.84. The van der Waals surface area contributed by atoms with Gasteiger partial charge in [-0.1, -0.05) is 62.2 Å². The van der Waals surface area contributed by atoms with E-state index in [1.807, 2.05) is 63.2 Å². The van der Waals surface area contributed by atoms with Crippen LogP contribution in [0.4, 0.5) is 5.69 Å². The van der Waals surface area contributed by atoms with E-state index in [0.717, 1.165) is 11.1 Å². The highest BCUT2D eigenvalue weighted by Gasteiger charge is 2.66. The first-order chi connectivity index (χ1) is 13.1. The minimum Gasteiger partial charge on any atom is -0.322 e. The molecule has 0 radical (unpaired) electrons. The minimum absolute atomic E-state index is 0.136. The van der Waals surface area contributed by atoms with Gasteiger partial charge in [0.1, 0.15) is 0 Å². The van der Waals surface area contributed by atoms with Crippen LogP contribution in [0.3, 0.4) is 0 Å². The molecule has 0 spiro atoms. The second kappa shape index (κ2) is 7.79. The maximum absolute atomic E-state index is 12.4. The lowest BCUT2D eigenvalue weighted by Crippen LogP contribution is -2.30. The van der Waals surface area contributed by atoms with E-state index < -0.39 is 5.41 Å². The van der Waals surface area contributed by atoms with Crippen LogP contribution in [0.2, 0.25) is 0 Å². The Balaban J connectivity index is 1.63. The van der Waals surface area contributed by atoms with Gasteiger partial charge in [0.25, 0.3) is 5.91 Å². The summed E-state index contributed by atoms with van der Waals surface area (Å²) in [5.74, 6) is -0.281. The molecule has 1 unspecified atom stereocenters. The van der Waals surface area contributed by atoms with Gasteiger partial charge in [-0.25, -0.2) is 5.43 Å². The van der Waals surface area contributed by atoms with Gasteiger partial charge in [-0.15, -0.1) is 0 Å². The van der Waals surface area contributed by atoms with Crippen molar-refractivity contribution in [3.8, 4) is 0 Å². The first-order valence-corrected chi connectivity index (χ1v) is 10.4. The molecular formula is C21H21Br2N3O2. The van der Waals surface area contributed by atoms with Gasteiger partial charge < -0.3 is 5.32 Å². The number of benzene rings is 2. The Hall–Kier alpha value is -1.99. The Bertz CT molecular complexity index is 954. The van der Waals surface area contributed by atoms with Crippen molar-refractivity contribution >= 4 is 55.1 Å². The summed E-state index contributed by atoms with van der Waals surface area (Å²) in [5.41, 5.74) is 5.94. The number of halogens is 2. The predicted octanol–water partition coefficient (Wildman–Crippen LogP) is 4.98. The Labute approximate surface area is 181 Å². The zero-order valence-corrected chi connectivity index (χ0v) is 19.0. The van der Waals surface area contributed by atoms with Crippen molar-refractivity contribution in [3.05, 3.63) is 65.2 Å². The molecule has 1 aliphatic carbocycles. The van der Waals surface area contributed by atoms with E-state index in [1.54, 1.807) is 6.07 Å². The fraction of sp³-hybridized carbons (Fsp3) is 0.286. The smallest absolute Gasteiger partial charge is 0.255 e. The average molecular weight is 507 g/mol. The van der Waals surface area contributed by atoms with Gasteiger partial charge in [0.05, 0.1) is 14.4 Å². The Morgan fingerprint density at radius 3 is 2.25 bits per heavy atom. The first kappa shape index (κ1) is 20.7. The third kappa shape index (κ3) is 4.20. The third-order valence-corrected chi connectivity index (χ3v) is 7.35. The molecular weight excluding hydrogens is 486 g/mol. The number of hydrogen-bond donors (Lipinski definition) is 2. The van der Waals surface area contributed by atoms with E-state index in [4.69, 9.17) is 0 Å². The zero-order chi connectivity index (χ0) is 20.5. The van der Waals surface area contributed by atoms with Crippen molar-refractivity contribution < 1.29 is 9.59 Å². The van der Waals surface area contributed by atoms with Crippen molar-refractivity contribution in [2.45, 2.75) is 30.4 Å². The maximum atomic E-state index is 12.4. The van der Waals surface area contributed by atoms with E-state index in [9.17, 15) is 9.59 Å². The maximum Gasteiger partial charge on any atom is 0.255 e. The van der Waals surface area contributed by atoms with Crippen LogP contribution in [0, 0.1) is 12.3 Å². The lowest BCUT2D eigenvalue weighted by molar-refractivity contribution is -0.125. The molecule has 2 N–H and O–H groups in total. The topological polar surface area (TPSA) is 70.6 Å². The zero-order valence-electron chi connectivity index (χ0n) is 15.8. The summed E-state index contributed by atoms with van der Waals surface area (Å²) < 4.78 is -0.350.